The number of hydrogen-bond acceptors (Lipinski definition) is 1. The molecule has 0 saturated heterocycles. The van der Waals surface area contributed by atoms with Gasteiger partial charge in [0.25, 0.3) is 0 Å². The van der Waals surface area contributed by atoms with E-state index in [9.17, 15) is 0 Å². The molecule has 14 heavy (non-hydrogen) atoms. The summed E-state index contributed by atoms with van der Waals surface area (Å²) >= 11 is 0. The van der Waals surface area contributed by atoms with Gasteiger partial charge in [0.15, 0.2) is 0 Å². The van der Waals surface area contributed by atoms with Crippen molar-refractivity contribution in [2.75, 3.05) is 7.11 Å². The summed E-state index contributed by atoms with van der Waals surface area (Å²) < 4.78 is 5.66. The molecule has 0 heterocycles. The molecule has 2 aliphatic carbocycles. The van der Waals surface area contributed by atoms with Crippen LogP contribution in [0.3, 0.4) is 0 Å². The van der Waals surface area contributed by atoms with E-state index in [4.69, 9.17) is 4.74 Å². The fraction of sp³-hybridized carbons (Fsp3) is 1.00. The van der Waals surface area contributed by atoms with Crippen molar-refractivity contribution in [1.29, 1.82) is 0 Å². The van der Waals surface area contributed by atoms with Gasteiger partial charge in [0.05, 0.1) is 6.10 Å². The van der Waals surface area contributed by atoms with Crippen molar-refractivity contribution >= 4 is 0 Å². The molecule has 0 aromatic rings. The summed E-state index contributed by atoms with van der Waals surface area (Å²) in [7, 11) is 1.91. The highest BCUT2D eigenvalue weighted by Gasteiger charge is 2.32. The van der Waals surface area contributed by atoms with Crippen molar-refractivity contribution in [2.45, 2.75) is 63.9 Å². The maximum absolute atomic E-state index is 5.66. The summed E-state index contributed by atoms with van der Waals surface area (Å²) in [6, 6.07) is 0. The van der Waals surface area contributed by atoms with Gasteiger partial charge < -0.3 is 4.74 Å². The minimum atomic E-state index is 0.590. The van der Waals surface area contributed by atoms with Crippen LogP contribution in [0.5, 0.6) is 0 Å². The van der Waals surface area contributed by atoms with Crippen LogP contribution in [0, 0.1) is 11.8 Å². The zero-order valence-corrected chi connectivity index (χ0v) is 9.50. The summed E-state index contributed by atoms with van der Waals surface area (Å²) in [4.78, 5) is 0. The van der Waals surface area contributed by atoms with Crippen molar-refractivity contribution in [1.82, 2.24) is 0 Å². The van der Waals surface area contributed by atoms with E-state index in [2.05, 4.69) is 0 Å². The summed E-state index contributed by atoms with van der Waals surface area (Å²) in [6.07, 6.45) is 13.5. The van der Waals surface area contributed by atoms with E-state index in [1.165, 1.54) is 57.8 Å². The van der Waals surface area contributed by atoms with Crippen LogP contribution in [0.15, 0.2) is 0 Å². The molecule has 0 spiro atoms. The fourth-order valence-corrected chi connectivity index (χ4v) is 3.52. The first-order valence-corrected chi connectivity index (χ1v) is 6.44. The van der Waals surface area contributed by atoms with Gasteiger partial charge in [0.2, 0.25) is 0 Å². The van der Waals surface area contributed by atoms with E-state index in [0.717, 1.165) is 11.8 Å². The normalized spacial score (nSPS) is 35.8. The minimum Gasteiger partial charge on any atom is -0.381 e. The summed E-state index contributed by atoms with van der Waals surface area (Å²) in [6.45, 7) is 0. The summed E-state index contributed by atoms with van der Waals surface area (Å²) in [5.41, 5.74) is 0. The molecule has 1 nitrogen and oxygen atoms in total. The molecule has 0 aromatic heterocycles. The summed E-state index contributed by atoms with van der Waals surface area (Å²) in [5, 5.41) is 0. The van der Waals surface area contributed by atoms with E-state index in [1.54, 1.807) is 0 Å². The Hall–Kier alpha value is -0.0400. The van der Waals surface area contributed by atoms with Gasteiger partial charge in [-0.15, -0.1) is 0 Å². The van der Waals surface area contributed by atoms with Crippen LogP contribution in [0.25, 0.3) is 0 Å². The van der Waals surface area contributed by atoms with Crippen LogP contribution < -0.4 is 0 Å². The van der Waals surface area contributed by atoms with Gasteiger partial charge in [0.1, 0.15) is 0 Å². The van der Waals surface area contributed by atoms with Gasteiger partial charge in [-0.3, -0.25) is 0 Å². The van der Waals surface area contributed by atoms with Gasteiger partial charge in [-0.05, 0) is 24.7 Å². The largest absolute Gasteiger partial charge is 0.381 e. The predicted octanol–water partition coefficient (Wildman–Crippen LogP) is 3.77. The smallest absolute Gasteiger partial charge is 0.0602 e. The molecule has 82 valence electrons. The Morgan fingerprint density at radius 3 is 2.14 bits per heavy atom. The molecule has 0 aliphatic heterocycles. The van der Waals surface area contributed by atoms with Crippen molar-refractivity contribution < 1.29 is 4.74 Å². The van der Waals surface area contributed by atoms with Crippen LogP contribution in [0.1, 0.15) is 57.8 Å². The number of hydrogen-bond donors (Lipinski definition) is 0. The quantitative estimate of drug-likeness (QED) is 0.653. The second-order valence-electron chi connectivity index (χ2n) is 5.12. The van der Waals surface area contributed by atoms with Gasteiger partial charge in [-0.2, -0.15) is 0 Å². The van der Waals surface area contributed by atoms with Crippen LogP contribution >= 0.6 is 0 Å². The molecule has 2 saturated carbocycles. The molecule has 0 radical (unpaired) electrons. The molecule has 0 N–H and O–H groups in total. The highest BCUT2D eigenvalue weighted by Crippen LogP contribution is 2.39. The zero-order valence-electron chi connectivity index (χ0n) is 9.50. The first kappa shape index (κ1) is 10.5. The van der Waals surface area contributed by atoms with Crippen molar-refractivity contribution in [3.8, 4) is 0 Å². The molecule has 2 rings (SSSR count). The SMILES string of the molecule is CO[C@@H]1CCCC[C@@H]1C1CCCCC1. The highest BCUT2D eigenvalue weighted by molar-refractivity contribution is 4.83. The first-order valence-electron chi connectivity index (χ1n) is 6.44. The molecule has 2 atom stereocenters. The topological polar surface area (TPSA) is 9.23 Å². The maximum atomic E-state index is 5.66. The molecule has 2 fully saturated rings. The van der Waals surface area contributed by atoms with E-state index in [1.807, 2.05) is 7.11 Å². The Morgan fingerprint density at radius 1 is 0.786 bits per heavy atom. The van der Waals surface area contributed by atoms with Crippen molar-refractivity contribution in [3.05, 3.63) is 0 Å². The lowest BCUT2D eigenvalue weighted by molar-refractivity contribution is -0.00901. The number of methoxy groups -OCH3 is 1. The first-order chi connectivity index (χ1) is 6.92. The van der Waals surface area contributed by atoms with Gasteiger partial charge >= 0.3 is 0 Å². The monoisotopic (exact) mass is 196 g/mol. The zero-order chi connectivity index (χ0) is 9.80. The maximum Gasteiger partial charge on any atom is 0.0602 e. The van der Waals surface area contributed by atoms with Crippen LogP contribution in [0.4, 0.5) is 0 Å². The Kier molecular flexibility index (Phi) is 3.86. The molecule has 2 aliphatic rings. The lowest BCUT2D eigenvalue weighted by Gasteiger charge is -2.38. The van der Waals surface area contributed by atoms with E-state index >= 15 is 0 Å². The second-order valence-corrected chi connectivity index (χ2v) is 5.12. The van der Waals surface area contributed by atoms with Gasteiger partial charge in [-0.1, -0.05) is 44.9 Å². The average molecular weight is 196 g/mol. The molecule has 0 bridgehead atoms. The van der Waals surface area contributed by atoms with E-state index < -0.39 is 0 Å². The van der Waals surface area contributed by atoms with Crippen LogP contribution in [0.2, 0.25) is 0 Å². The molecule has 0 amide bonds. The highest BCUT2D eigenvalue weighted by atomic mass is 16.5. The Morgan fingerprint density at radius 2 is 1.43 bits per heavy atom. The second kappa shape index (κ2) is 5.16. The standard InChI is InChI=1S/C13H24O/c1-14-13-10-6-5-9-12(13)11-7-3-2-4-8-11/h11-13H,2-10H2,1H3/t12-,13-/m1/s1. The molecule has 0 unspecified atom stereocenters. The van der Waals surface area contributed by atoms with E-state index in [0.29, 0.717) is 6.10 Å². The average Bonchev–Trinajstić information content (AvgIpc) is 2.30. The lowest BCUT2D eigenvalue weighted by Crippen LogP contribution is -2.33. The number of rotatable bonds is 2. The molecule has 1 heteroatoms. The minimum absolute atomic E-state index is 0.590. The lowest BCUT2D eigenvalue weighted by atomic mass is 9.72. The third kappa shape index (κ3) is 2.31. The fourth-order valence-electron chi connectivity index (χ4n) is 3.52. The third-order valence-corrected chi connectivity index (χ3v) is 4.31. The molecular formula is C13H24O. The Balaban J connectivity index is 1.91. The third-order valence-electron chi connectivity index (χ3n) is 4.31. The Bertz CT molecular complexity index is 161. The van der Waals surface area contributed by atoms with Gasteiger partial charge in [0, 0.05) is 7.11 Å². The van der Waals surface area contributed by atoms with Crippen LogP contribution in [-0.4, -0.2) is 13.2 Å². The van der Waals surface area contributed by atoms with Gasteiger partial charge in [-0.25, -0.2) is 0 Å². The summed E-state index contributed by atoms with van der Waals surface area (Å²) in [5.74, 6) is 1.89. The Labute approximate surface area is 88.2 Å². The van der Waals surface area contributed by atoms with E-state index in [-0.39, 0.29) is 0 Å². The predicted molar refractivity (Wildman–Crippen MR) is 59.3 cm³/mol. The number of ether oxygens (including phenoxy) is 1. The van der Waals surface area contributed by atoms with Crippen molar-refractivity contribution in [2.24, 2.45) is 11.8 Å². The molecular weight excluding hydrogens is 172 g/mol. The van der Waals surface area contributed by atoms with Crippen molar-refractivity contribution in [3.63, 3.8) is 0 Å². The molecule has 0 aromatic carbocycles. The van der Waals surface area contributed by atoms with Crippen LogP contribution in [-0.2, 0) is 4.74 Å².